The lowest BCUT2D eigenvalue weighted by atomic mass is 10.1. The van der Waals surface area contributed by atoms with E-state index in [1.54, 1.807) is 0 Å². The standard InChI is InChI=1S/C12H18N3/c1-15(2,3)10-6-4-9-5-7-12(14-13)11(9)8-10/h4,6,8H,5,7,13H2,1-3H3/q+1/b14-12+. The van der Waals surface area contributed by atoms with Crippen LogP contribution in [-0.2, 0) is 6.42 Å². The summed E-state index contributed by atoms with van der Waals surface area (Å²) in [6, 6.07) is 6.61. The molecular formula is C12H18N3+. The molecule has 2 N–H and O–H groups in total. The van der Waals surface area contributed by atoms with E-state index in [-0.39, 0.29) is 0 Å². The van der Waals surface area contributed by atoms with Crippen LogP contribution < -0.4 is 10.3 Å². The molecule has 0 spiro atoms. The molecule has 0 heterocycles. The largest absolute Gasteiger partial charge is 0.323 e. The molecular weight excluding hydrogens is 186 g/mol. The fourth-order valence-electron chi connectivity index (χ4n) is 1.99. The Bertz CT molecular complexity index is 413. The highest BCUT2D eigenvalue weighted by Gasteiger charge is 2.21. The Morgan fingerprint density at radius 3 is 2.53 bits per heavy atom. The second kappa shape index (κ2) is 3.35. The Hall–Kier alpha value is -1.35. The predicted octanol–water partition coefficient (Wildman–Crippen LogP) is 1.49. The quantitative estimate of drug-likeness (QED) is 0.420. The van der Waals surface area contributed by atoms with E-state index in [0.717, 1.165) is 23.0 Å². The van der Waals surface area contributed by atoms with Gasteiger partial charge in [-0.2, -0.15) is 5.10 Å². The second-order valence-electron chi connectivity index (χ2n) is 4.93. The van der Waals surface area contributed by atoms with E-state index < -0.39 is 0 Å². The van der Waals surface area contributed by atoms with E-state index in [1.807, 2.05) is 0 Å². The van der Waals surface area contributed by atoms with Gasteiger partial charge in [-0.15, -0.1) is 0 Å². The van der Waals surface area contributed by atoms with Gasteiger partial charge in [-0.05, 0) is 24.5 Å². The van der Waals surface area contributed by atoms with Crippen molar-refractivity contribution >= 4 is 11.4 Å². The lowest BCUT2D eigenvalue weighted by molar-refractivity contribution is 0.486. The molecule has 0 aliphatic heterocycles. The van der Waals surface area contributed by atoms with Gasteiger partial charge in [0.1, 0.15) is 5.69 Å². The third kappa shape index (κ3) is 1.75. The van der Waals surface area contributed by atoms with Crippen LogP contribution in [-0.4, -0.2) is 26.9 Å². The lowest BCUT2D eigenvalue weighted by Gasteiger charge is -2.23. The molecule has 0 amide bonds. The van der Waals surface area contributed by atoms with Crippen molar-refractivity contribution < 1.29 is 0 Å². The first kappa shape index (κ1) is 10.2. The Kier molecular flexibility index (Phi) is 2.27. The molecule has 0 aromatic heterocycles. The van der Waals surface area contributed by atoms with Crippen LogP contribution in [0.15, 0.2) is 23.3 Å². The van der Waals surface area contributed by atoms with E-state index in [2.05, 4.69) is 44.4 Å². The molecule has 0 saturated carbocycles. The number of nitrogens with zero attached hydrogens (tertiary/aromatic N) is 2. The molecule has 1 aromatic rings. The molecule has 0 radical (unpaired) electrons. The van der Waals surface area contributed by atoms with E-state index in [9.17, 15) is 0 Å². The van der Waals surface area contributed by atoms with Crippen LogP contribution in [0.2, 0.25) is 0 Å². The maximum atomic E-state index is 5.39. The molecule has 80 valence electrons. The van der Waals surface area contributed by atoms with E-state index >= 15 is 0 Å². The van der Waals surface area contributed by atoms with Gasteiger partial charge in [-0.3, -0.25) is 4.48 Å². The number of quaternary nitrogens is 1. The second-order valence-corrected chi connectivity index (χ2v) is 4.93. The maximum Gasteiger partial charge on any atom is 0.132 e. The van der Waals surface area contributed by atoms with Crippen LogP contribution >= 0.6 is 0 Å². The molecule has 1 aromatic carbocycles. The number of rotatable bonds is 1. The summed E-state index contributed by atoms with van der Waals surface area (Å²) in [7, 11) is 6.49. The van der Waals surface area contributed by atoms with E-state index in [1.165, 1.54) is 16.8 Å². The van der Waals surface area contributed by atoms with Crippen molar-refractivity contribution in [2.75, 3.05) is 21.1 Å². The first-order valence-corrected chi connectivity index (χ1v) is 5.24. The minimum absolute atomic E-state index is 0.825. The molecule has 0 fully saturated rings. The zero-order valence-electron chi connectivity index (χ0n) is 9.62. The minimum Gasteiger partial charge on any atom is -0.323 e. The Balaban J connectivity index is 2.51. The monoisotopic (exact) mass is 204 g/mol. The first-order chi connectivity index (χ1) is 7.02. The number of benzene rings is 1. The van der Waals surface area contributed by atoms with Crippen molar-refractivity contribution in [2.45, 2.75) is 12.8 Å². The highest BCUT2D eigenvalue weighted by atomic mass is 15.3. The number of aryl methyl sites for hydroxylation is 1. The van der Waals surface area contributed by atoms with Gasteiger partial charge < -0.3 is 5.84 Å². The normalized spacial score (nSPS) is 18.2. The molecule has 1 aliphatic rings. The van der Waals surface area contributed by atoms with Crippen molar-refractivity contribution in [1.82, 2.24) is 4.48 Å². The highest BCUT2D eigenvalue weighted by Crippen LogP contribution is 2.28. The fraction of sp³-hybridized carbons (Fsp3) is 0.417. The summed E-state index contributed by atoms with van der Waals surface area (Å²) < 4.78 is 0.825. The number of nitrogens with two attached hydrogens (primary N) is 1. The summed E-state index contributed by atoms with van der Waals surface area (Å²) in [5, 5.41) is 3.86. The molecule has 0 unspecified atom stereocenters. The van der Waals surface area contributed by atoms with Gasteiger partial charge in [0, 0.05) is 11.6 Å². The number of hydrogen-bond donors (Lipinski definition) is 1. The van der Waals surface area contributed by atoms with Crippen LogP contribution in [0.5, 0.6) is 0 Å². The van der Waals surface area contributed by atoms with Gasteiger partial charge in [0.25, 0.3) is 0 Å². The average molecular weight is 204 g/mol. The molecule has 0 atom stereocenters. The van der Waals surface area contributed by atoms with Crippen LogP contribution in [0.4, 0.5) is 5.69 Å². The zero-order valence-corrected chi connectivity index (χ0v) is 9.62. The van der Waals surface area contributed by atoms with Crippen molar-refractivity contribution in [3.8, 4) is 0 Å². The number of hydrazone groups is 1. The molecule has 3 heteroatoms. The third-order valence-electron chi connectivity index (χ3n) is 2.97. The van der Waals surface area contributed by atoms with Crippen LogP contribution in [0, 0.1) is 0 Å². The van der Waals surface area contributed by atoms with Gasteiger partial charge in [0.15, 0.2) is 0 Å². The molecule has 1 aliphatic carbocycles. The summed E-state index contributed by atoms with van der Waals surface area (Å²) in [5.41, 5.74) is 4.94. The summed E-state index contributed by atoms with van der Waals surface area (Å²) in [6.07, 6.45) is 2.05. The summed E-state index contributed by atoms with van der Waals surface area (Å²) in [4.78, 5) is 0. The van der Waals surface area contributed by atoms with Gasteiger partial charge >= 0.3 is 0 Å². The Morgan fingerprint density at radius 2 is 1.93 bits per heavy atom. The Labute approximate surface area is 90.8 Å². The van der Waals surface area contributed by atoms with Crippen molar-refractivity contribution in [3.05, 3.63) is 29.3 Å². The number of hydrogen-bond acceptors (Lipinski definition) is 2. The average Bonchev–Trinajstić information content (AvgIpc) is 2.57. The molecule has 0 saturated heterocycles. The molecule has 3 nitrogen and oxygen atoms in total. The third-order valence-corrected chi connectivity index (χ3v) is 2.97. The summed E-state index contributed by atoms with van der Waals surface area (Å²) in [6.45, 7) is 0. The lowest BCUT2D eigenvalue weighted by Crippen LogP contribution is -2.34. The summed E-state index contributed by atoms with van der Waals surface area (Å²) >= 11 is 0. The van der Waals surface area contributed by atoms with Gasteiger partial charge in [0.2, 0.25) is 0 Å². The van der Waals surface area contributed by atoms with Gasteiger partial charge in [-0.25, -0.2) is 0 Å². The predicted molar refractivity (Wildman–Crippen MR) is 65.1 cm³/mol. The topological polar surface area (TPSA) is 38.4 Å². The van der Waals surface area contributed by atoms with E-state index in [4.69, 9.17) is 5.84 Å². The zero-order chi connectivity index (χ0) is 11.1. The van der Waals surface area contributed by atoms with Gasteiger partial charge in [-0.1, -0.05) is 6.07 Å². The molecule has 15 heavy (non-hydrogen) atoms. The maximum absolute atomic E-state index is 5.39. The summed E-state index contributed by atoms with van der Waals surface area (Å²) in [5.74, 6) is 5.39. The van der Waals surface area contributed by atoms with Crippen molar-refractivity contribution in [3.63, 3.8) is 0 Å². The number of fused-ring (bicyclic) bond motifs is 1. The fourth-order valence-corrected chi connectivity index (χ4v) is 1.99. The SMILES string of the molecule is C[N+](C)(C)c1ccc2c(c1)/C(=N/N)CC2. The van der Waals surface area contributed by atoms with Crippen molar-refractivity contribution in [1.29, 1.82) is 0 Å². The van der Waals surface area contributed by atoms with E-state index in [0.29, 0.717) is 0 Å². The van der Waals surface area contributed by atoms with Crippen LogP contribution in [0.3, 0.4) is 0 Å². The molecule has 0 bridgehead atoms. The van der Waals surface area contributed by atoms with Crippen LogP contribution in [0.25, 0.3) is 0 Å². The Morgan fingerprint density at radius 1 is 1.20 bits per heavy atom. The smallest absolute Gasteiger partial charge is 0.132 e. The van der Waals surface area contributed by atoms with Crippen molar-refractivity contribution in [2.24, 2.45) is 10.9 Å². The van der Waals surface area contributed by atoms with Gasteiger partial charge in [0.05, 0.1) is 26.9 Å². The first-order valence-electron chi connectivity index (χ1n) is 5.24. The molecule has 2 rings (SSSR count). The van der Waals surface area contributed by atoms with Crippen LogP contribution in [0.1, 0.15) is 17.5 Å². The highest BCUT2D eigenvalue weighted by molar-refractivity contribution is 6.04. The minimum atomic E-state index is 0.825.